The number of hydrogen-bond donors (Lipinski definition) is 1. The van der Waals surface area contributed by atoms with Crippen molar-refractivity contribution in [1.29, 1.82) is 0 Å². The molecule has 4 fully saturated rings. The van der Waals surface area contributed by atoms with Crippen LogP contribution in [0, 0.1) is 11.3 Å². The maximum Gasteiger partial charge on any atom is 0.245 e. The normalized spacial score (nSPS) is 33.0. The average Bonchev–Trinajstić information content (AvgIpc) is 3.07. The Morgan fingerprint density at radius 1 is 1.04 bits per heavy atom. The molecule has 0 aromatic rings. The van der Waals surface area contributed by atoms with Crippen LogP contribution in [0.15, 0.2) is 0 Å². The van der Waals surface area contributed by atoms with Gasteiger partial charge in [0.1, 0.15) is 6.04 Å². The predicted octanol–water partition coefficient (Wildman–Crippen LogP) is 0.943. The van der Waals surface area contributed by atoms with Crippen LogP contribution >= 0.6 is 11.8 Å². The highest BCUT2D eigenvalue weighted by atomic mass is 32.2. The molecule has 1 N–H and O–H groups in total. The fourth-order valence-corrected chi connectivity index (χ4v) is 5.56. The molecule has 0 aromatic carbocycles. The monoisotopic (exact) mass is 337 g/mol. The van der Waals surface area contributed by atoms with E-state index in [9.17, 15) is 9.59 Å². The molecule has 0 bridgehead atoms. The Labute approximate surface area is 142 Å². The molecule has 0 radical (unpaired) electrons. The Balaban J connectivity index is 1.41. The third kappa shape index (κ3) is 2.88. The van der Waals surface area contributed by atoms with E-state index in [1.54, 1.807) is 0 Å². The molecule has 6 heteroatoms. The molecule has 0 aromatic heterocycles. The van der Waals surface area contributed by atoms with E-state index in [2.05, 4.69) is 5.32 Å². The molecular weight excluding hydrogens is 310 g/mol. The second-order valence-electron chi connectivity index (χ2n) is 7.50. The van der Waals surface area contributed by atoms with Crippen LogP contribution in [0.5, 0.6) is 0 Å². The zero-order valence-electron chi connectivity index (χ0n) is 13.8. The molecule has 5 nitrogen and oxygen atoms in total. The van der Waals surface area contributed by atoms with Gasteiger partial charge in [-0.25, -0.2) is 0 Å². The van der Waals surface area contributed by atoms with Gasteiger partial charge in [-0.2, -0.15) is 11.8 Å². The van der Waals surface area contributed by atoms with Crippen LogP contribution in [0.25, 0.3) is 0 Å². The number of carbonyl (C=O) groups is 2. The summed E-state index contributed by atoms with van der Waals surface area (Å²) in [6.45, 7) is 4.56. The van der Waals surface area contributed by atoms with Crippen molar-refractivity contribution in [3.05, 3.63) is 0 Å². The van der Waals surface area contributed by atoms with Gasteiger partial charge in [0.05, 0.1) is 0 Å². The summed E-state index contributed by atoms with van der Waals surface area (Å²) in [7, 11) is 0. The molecular formula is C17H27N3O2S. The van der Waals surface area contributed by atoms with Crippen LogP contribution in [0.1, 0.15) is 32.1 Å². The minimum absolute atomic E-state index is 0.176. The first kappa shape index (κ1) is 15.8. The van der Waals surface area contributed by atoms with Crippen molar-refractivity contribution in [1.82, 2.24) is 15.1 Å². The van der Waals surface area contributed by atoms with Gasteiger partial charge in [-0.1, -0.05) is 0 Å². The van der Waals surface area contributed by atoms with Crippen molar-refractivity contribution in [2.24, 2.45) is 11.3 Å². The van der Waals surface area contributed by atoms with Gasteiger partial charge in [-0.05, 0) is 50.6 Å². The summed E-state index contributed by atoms with van der Waals surface area (Å²) < 4.78 is 0. The number of likely N-dealkylation sites (tertiary alicyclic amines) is 1. The fraction of sp³-hybridized carbons (Fsp3) is 0.882. The van der Waals surface area contributed by atoms with Crippen LogP contribution in [0.4, 0.5) is 0 Å². The highest BCUT2D eigenvalue weighted by molar-refractivity contribution is 7.99. The Bertz CT molecular complexity index is 486. The molecule has 4 aliphatic rings. The first-order valence-corrected chi connectivity index (χ1v) is 10.2. The summed E-state index contributed by atoms with van der Waals surface area (Å²) in [6.07, 6.45) is 5.13. The molecule has 2 atom stereocenters. The third-order valence-electron chi connectivity index (χ3n) is 6.23. The van der Waals surface area contributed by atoms with Crippen molar-refractivity contribution in [2.45, 2.75) is 38.1 Å². The maximum atomic E-state index is 13.0. The highest BCUT2D eigenvalue weighted by Gasteiger charge is 2.59. The number of rotatable bonds is 2. The summed E-state index contributed by atoms with van der Waals surface area (Å²) in [5.74, 6) is 2.73. The summed E-state index contributed by atoms with van der Waals surface area (Å²) in [4.78, 5) is 29.8. The van der Waals surface area contributed by atoms with Crippen LogP contribution in [-0.4, -0.2) is 71.9 Å². The predicted molar refractivity (Wildman–Crippen MR) is 91.3 cm³/mol. The molecule has 3 saturated heterocycles. The van der Waals surface area contributed by atoms with Crippen LogP contribution in [-0.2, 0) is 9.59 Å². The maximum absolute atomic E-state index is 13.0. The fourth-order valence-electron chi connectivity index (χ4n) is 4.66. The van der Waals surface area contributed by atoms with E-state index in [0.29, 0.717) is 0 Å². The number of amides is 2. The van der Waals surface area contributed by atoms with Gasteiger partial charge in [0, 0.05) is 37.1 Å². The third-order valence-corrected chi connectivity index (χ3v) is 7.17. The van der Waals surface area contributed by atoms with Gasteiger partial charge < -0.3 is 15.1 Å². The van der Waals surface area contributed by atoms with Gasteiger partial charge in [-0.15, -0.1) is 0 Å². The second kappa shape index (κ2) is 6.28. The summed E-state index contributed by atoms with van der Waals surface area (Å²) >= 11 is 1.91. The van der Waals surface area contributed by atoms with Crippen molar-refractivity contribution >= 4 is 23.6 Å². The van der Waals surface area contributed by atoms with E-state index in [4.69, 9.17) is 0 Å². The number of nitrogens with zero attached hydrogens (tertiary/aromatic N) is 2. The lowest BCUT2D eigenvalue weighted by Gasteiger charge is -2.33. The molecule has 1 spiro atoms. The van der Waals surface area contributed by atoms with E-state index < -0.39 is 0 Å². The molecule has 2 unspecified atom stereocenters. The lowest BCUT2D eigenvalue weighted by molar-refractivity contribution is -0.144. The SMILES string of the molecule is O=C(C1CCCN1C(=O)C1CC12CCNCC2)N1CCSCC1. The average molecular weight is 337 g/mol. The van der Waals surface area contributed by atoms with Crippen molar-refractivity contribution < 1.29 is 9.59 Å². The minimum atomic E-state index is -0.176. The molecule has 4 rings (SSSR count). The van der Waals surface area contributed by atoms with Gasteiger partial charge in [0.25, 0.3) is 0 Å². The number of thioether (sulfide) groups is 1. The number of carbonyl (C=O) groups excluding carboxylic acids is 2. The smallest absolute Gasteiger partial charge is 0.245 e. The molecule has 3 heterocycles. The summed E-state index contributed by atoms with van der Waals surface area (Å²) in [5.41, 5.74) is 0.264. The van der Waals surface area contributed by atoms with Crippen LogP contribution in [0.3, 0.4) is 0 Å². The number of nitrogens with one attached hydrogen (secondary N) is 1. The van der Waals surface area contributed by atoms with E-state index in [1.165, 1.54) is 0 Å². The first-order chi connectivity index (χ1) is 11.2. The zero-order valence-corrected chi connectivity index (χ0v) is 14.6. The van der Waals surface area contributed by atoms with E-state index in [-0.39, 0.29) is 29.2 Å². The number of hydrogen-bond acceptors (Lipinski definition) is 4. The lowest BCUT2D eigenvalue weighted by atomic mass is 9.91. The Morgan fingerprint density at radius 3 is 2.52 bits per heavy atom. The summed E-state index contributed by atoms with van der Waals surface area (Å²) in [5, 5.41) is 3.39. The molecule has 23 heavy (non-hydrogen) atoms. The van der Waals surface area contributed by atoms with Crippen molar-refractivity contribution in [3.8, 4) is 0 Å². The second-order valence-corrected chi connectivity index (χ2v) is 8.72. The highest BCUT2D eigenvalue weighted by Crippen LogP contribution is 2.59. The topological polar surface area (TPSA) is 52.7 Å². The van der Waals surface area contributed by atoms with Gasteiger partial charge in [-0.3, -0.25) is 9.59 Å². The minimum Gasteiger partial charge on any atom is -0.339 e. The first-order valence-electron chi connectivity index (χ1n) is 9.09. The van der Waals surface area contributed by atoms with Gasteiger partial charge in [0.2, 0.25) is 11.8 Å². The molecule has 3 aliphatic heterocycles. The van der Waals surface area contributed by atoms with Gasteiger partial charge in [0.15, 0.2) is 0 Å². The van der Waals surface area contributed by atoms with Crippen LogP contribution in [0.2, 0.25) is 0 Å². The Hall–Kier alpha value is -0.750. The Morgan fingerprint density at radius 2 is 1.78 bits per heavy atom. The molecule has 2 amide bonds. The standard InChI is InChI=1S/C17H27N3O2S/c21-15(13-12-17(13)3-5-18-6-4-17)20-7-1-2-14(20)16(22)19-8-10-23-11-9-19/h13-14,18H,1-12H2. The largest absolute Gasteiger partial charge is 0.339 e. The summed E-state index contributed by atoms with van der Waals surface area (Å²) in [6, 6.07) is -0.176. The molecule has 1 aliphatic carbocycles. The quantitative estimate of drug-likeness (QED) is 0.815. The Kier molecular flexibility index (Phi) is 4.30. The molecule has 1 saturated carbocycles. The van der Waals surface area contributed by atoms with E-state index in [1.807, 2.05) is 21.6 Å². The van der Waals surface area contributed by atoms with Crippen molar-refractivity contribution in [2.75, 3.05) is 44.2 Å². The zero-order chi connectivity index (χ0) is 15.9. The van der Waals surface area contributed by atoms with Crippen LogP contribution < -0.4 is 5.32 Å². The lowest BCUT2D eigenvalue weighted by Crippen LogP contribution is -2.50. The van der Waals surface area contributed by atoms with E-state index in [0.717, 1.165) is 76.3 Å². The van der Waals surface area contributed by atoms with Gasteiger partial charge >= 0.3 is 0 Å². The molecule has 128 valence electrons. The van der Waals surface area contributed by atoms with E-state index >= 15 is 0 Å². The van der Waals surface area contributed by atoms with Crippen molar-refractivity contribution in [3.63, 3.8) is 0 Å². The number of piperidine rings is 1.